The molecule has 0 aromatic heterocycles. The molecule has 1 aliphatic carbocycles. The summed E-state index contributed by atoms with van der Waals surface area (Å²) in [6.45, 7) is 2.70. The molecule has 3 rings (SSSR count). The van der Waals surface area contributed by atoms with Gasteiger partial charge in [-0.2, -0.15) is 0 Å². The van der Waals surface area contributed by atoms with E-state index in [2.05, 4.69) is 10.2 Å². The van der Waals surface area contributed by atoms with Crippen molar-refractivity contribution in [1.82, 2.24) is 15.1 Å². The first-order valence-corrected chi connectivity index (χ1v) is 8.93. The first-order valence-electron chi connectivity index (χ1n) is 8.93. The second-order valence-corrected chi connectivity index (χ2v) is 7.37. The molecule has 0 unspecified atom stereocenters. The Morgan fingerprint density at radius 1 is 1.36 bits per heavy atom. The van der Waals surface area contributed by atoms with E-state index in [9.17, 15) is 14.7 Å². The van der Waals surface area contributed by atoms with Crippen molar-refractivity contribution in [3.8, 4) is 0 Å². The zero-order chi connectivity index (χ0) is 17.9. The smallest absolute Gasteiger partial charge is 0.237 e. The van der Waals surface area contributed by atoms with E-state index in [0.29, 0.717) is 19.6 Å². The van der Waals surface area contributed by atoms with Crippen molar-refractivity contribution >= 4 is 11.8 Å². The Labute approximate surface area is 148 Å². The summed E-state index contributed by atoms with van der Waals surface area (Å²) >= 11 is 0. The van der Waals surface area contributed by atoms with Gasteiger partial charge in [-0.3, -0.25) is 14.5 Å². The highest BCUT2D eigenvalue weighted by Gasteiger charge is 2.44. The second-order valence-electron chi connectivity index (χ2n) is 7.37. The highest BCUT2D eigenvalue weighted by molar-refractivity contribution is 5.88. The molecule has 6 nitrogen and oxygen atoms in total. The first-order chi connectivity index (χ1) is 12.0. The predicted molar refractivity (Wildman–Crippen MR) is 94.7 cm³/mol. The first kappa shape index (κ1) is 17.9. The largest absolute Gasteiger partial charge is 0.396 e. The molecule has 1 atom stereocenters. The molecule has 25 heavy (non-hydrogen) atoms. The van der Waals surface area contributed by atoms with Crippen LogP contribution in [0.3, 0.4) is 0 Å². The lowest BCUT2D eigenvalue weighted by Crippen LogP contribution is -2.56. The number of carbonyl (C=O) groups excluding carboxylic acids is 2. The zero-order valence-corrected chi connectivity index (χ0v) is 14.8. The zero-order valence-electron chi connectivity index (χ0n) is 14.8. The molecule has 0 radical (unpaired) electrons. The average molecular weight is 345 g/mol. The molecule has 2 aliphatic rings. The third-order valence-corrected chi connectivity index (χ3v) is 5.33. The van der Waals surface area contributed by atoms with Crippen LogP contribution < -0.4 is 5.32 Å². The molecular weight excluding hydrogens is 318 g/mol. The van der Waals surface area contributed by atoms with Gasteiger partial charge in [0.05, 0.1) is 19.1 Å². The van der Waals surface area contributed by atoms with Crippen LogP contribution >= 0.6 is 0 Å². The number of benzene rings is 1. The summed E-state index contributed by atoms with van der Waals surface area (Å²) in [5.41, 5.74) is 1.03. The Bertz CT molecular complexity index is 616. The number of hydrogen-bond acceptors (Lipinski definition) is 4. The van der Waals surface area contributed by atoms with Gasteiger partial charge in [-0.25, -0.2) is 0 Å². The Hall–Kier alpha value is -1.92. The summed E-state index contributed by atoms with van der Waals surface area (Å²) in [6.07, 6.45) is 2.10. The van der Waals surface area contributed by atoms with Gasteiger partial charge in [0.25, 0.3) is 0 Å². The fraction of sp³-hybridized carbons (Fsp3) is 0.579. The standard InChI is InChI=1S/C19H27N3O3/c1-21(13-19(14-23)7-8-19)17(24)11-16-18(25)20-9-10-22(16)12-15-5-3-2-4-6-15/h2-6,16,23H,7-14H2,1H3,(H,20,25)/t16-/m0/s1. The van der Waals surface area contributed by atoms with Crippen molar-refractivity contribution in [2.45, 2.75) is 31.8 Å². The quantitative estimate of drug-likeness (QED) is 0.759. The molecule has 136 valence electrons. The summed E-state index contributed by atoms with van der Waals surface area (Å²) in [5.74, 6) is -0.118. The number of aliphatic hydroxyl groups is 1. The number of aliphatic hydroxyl groups excluding tert-OH is 1. The number of carbonyl (C=O) groups is 2. The van der Waals surface area contributed by atoms with Crippen molar-refractivity contribution < 1.29 is 14.7 Å². The maximum absolute atomic E-state index is 12.6. The number of rotatable bonds is 7. The lowest BCUT2D eigenvalue weighted by atomic mass is 10.0. The number of hydrogen-bond donors (Lipinski definition) is 2. The van der Waals surface area contributed by atoms with Crippen LogP contribution in [0.25, 0.3) is 0 Å². The average Bonchev–Trinajstić information content (AvgIpc) is 3.38. The molecule has 1 aromatic carbocycles. The molecule has 2 amide bonds. The maximum atomic E-state index is 12.6. The van der Waals surface area contributed by atoms with Gasteiger partial charge in [0.15, 0.2) is 0 Å². The SMILES string of the molecule is CN(CC1(CO)CC1)C(=O)C[C@H]1C(=O)NCCN1Cc1ccccc1. The molecule has 1 aromatic rings. The summed E-state index contributed by atoms with van der Waals surface area (Å²) in [7, 11) is 1.76. The molecule has 1 saturated heterocycles. The van der Waals surface area contributed by atoms with Gasteiger partial charge in [0.2, 0.25) is 11.8 Å². The Balaban J connectivity index is 1.62. The lowest BCUT2D eigenvalue weighted by Gasteiger charge is -2.35. The molecule has 1 heterocycles. The van der Waals surface area contributed by atoms with E-state index in [4.69, 9.17) is 0 Å². The van der Waals surface area contributed by atoms with Crippen LogP contribution in [0.1, 0.15) is 24.8 Å². The van der Waals surface area contributed by atoms with E-state index in [1.54, 1.807) is 11.9 Å². The number of piperazine rings is 1. The second kappa shape index (κ2) is 7.54. The number of nitrogens with one attached hydrogen (secondary N) is 1. The normalized spacial score (nSPS) is 22.3. The van der Waals surface area contributed by atoms with Crippen LogP contribution in [0.4, 0.5) is 0 Å². The monoisotopic (exact) mass is 345 g/mol. The van der Waals surface area contributed by atoms with Crippen LogP contribution in [0.2, 0.25) is 0 Å². The number of nitrogens with zero attached hydrogens (tertiary/aromatic N) is 2. The third kappa shape index (κ3) is 4.38. The molecule has 2 N–H and O–H groups in total. The fourth-order valence-electron chi connectivity index (χ4n) is 3.45. The molecule has 0 bridgehead atoms. The van der Waals surface area contributed by atoms with Gasteiger partial charge in [0, 0.05) is 38.6 Å². The van der Waals surface area contributed by atoms with Crippen molar-refractivity contribution in [3.05, 3.63) is 35.9 Å². The van der Waals surface area contributed by atoms with E-state index in [1.165, 1.54) is 0 Å². The van der Waals surface area contributed by atoms with Gasteiger partial charge in [0.1, 0.15) is 0 Å². The van der Waals surface area contributed by atoms with Gasteiger partial charge in [-0.1, -0.05) is 30.3 Å². The van der Waals surface area contributed by atoms with Crippen molar-refractivity contribution in [2.24, 2.45) is 5.41 Å². The summed E-state index contributed by atoms with van der Waals surface area (Å²) in [5, 5.41) is 12.3. The Morgan fingerprint density at radius 3 is 2.72 bits per heavy atom. The highest BCUT2D eigenvalue weighted by atomic mass is 16.3. The molecular formula is C19H27N3O3. The maximum Gasteiger partial charge on any atom is 0.237 e. The van der Waals surface area contributed by atoms with Gasteiger partial charge < -0.3 is 15.3 Å². The fourth-order valence-corrected chi connectivity index (χ4v) is 3.45. The van der Waals surface area contributed by atoms with Crippen LogP contribution in [0, 0.1) is 5.41 Å². The van der Waals surface area contributed by atoms with Crippen molar-refractivity contribution in [1.29, 1.82) is 0 Å². The molecule has 6 heteroatoms. The third-order valence-electron chi connectivity index (χ3n) is 5.33. The van der Waals surface area contributed by atoms with Gasteiger partial charge >= 0.3 is 0 Å². The molecule has 0 spiro atoms. The summed E-state index contributed by atoms with van der Waals surface area (Å²) < 4.78 is 0. The Kier molecular flexibility index (Phi) is 5.39. The van der Waals surface area contributed by atoms with Gasteiger partial charge in [-0.15, -0.1) is 0 Å². The van der Waals surface area contributed by atoms with Crippen molar-refractivity contribution in [2.75, 3.05) is 33.3 Å². The van der Waals surface area contributed by atoms with E-state index in [0.717, 1.165) is 24.9 Å². The Morgan fingerprint density at radius 2 is 2.08 bits per heavy atom. The molecule has 1 aliphatic heterocycles. The van der Waals surface area contributed by atoms with E-state index < -0.39 is 6.04 Å². The lowest BCUT2D eigenvalue weighted by molar-refractivity contribution is -0.138. The minimum Gasteiger partial charge on any atom is -0.396 e. The summed E-state index contributed by atoms with van der Waals surface area (Å²) in [4.78, 5) is 28.7. The molecule has 2 fully saturated rings. The van der Waals surface area contributed by atoms with Crippen molar-refractivity contribution in [3.63, 3.8) is 0 Å². The minimum absolute atomic E-state index is 0.0418. The predicted octanol–water partition coefficient (Wildman–Crippen LogP) is 0.608. The van der Waals surface area contributed by atoms with E-state index in [-0.39, 0.29) is 30.3 Å². The van der Waals surface area contributed by atoms with Crippen LogP contribution in [0.15, 0.2) is 30.3 Å². The van der Waals surface area contributed by atoms with Crippen LogP contribution in [0.5, 0.6) is 0 Å². The van der Waals surface area contributed by atoms with E-state index >= 15 is 0 Å². The molecule has 1 saturated carbocycles. The van der Waals surface area contributed by atoms with Crippen LogP contribution in [-0.4, -0.2) is 66.1 Å². The van der Waals surface area contributed by atoms with Gasteiger partial charge in [-0.05, 0) is 18.4 Å². The number of amides is 2. The van der Waals surface area contributed by atoms with E-state index in [1.807, 2.05) is 30.3 Å². The van der Waals surface area contributed by atoms with Crippen LogP contribution in [-0.2, 0) is 16.1 Å². The summed E-state index contributed by atoms with van der Waals surface area (Å²) in [6, 6.07) is 9.57. The topological polar surface area (TPSA) is 72.9 Å². The highest BCUT2D eigenvalue weighted by Crippen LogP contribution is 2.45. The minimum atomic E-state index is -0.437.